The van der Waals surface area contributed by atoms with E-state index < -0.39 is 0 Å². The van der Waals surface area contributed by atoms with Gasteiger partial charge in [-0.15, -0.1) is 0 Å². The number of unbranched alkanes of at least 4 members (excludes halogenated alkanes) is 1. The molecule has 0 aromatic carbocycles. The topological polar surface area (TPSA) is 15.3 Å². The molecule has 2 heteroatoms. The fourth-order valence-electron chi connectivity index (χ4n) is 2.19. The molecule has 0 amide bonds. The van der Waals surface area contributed by atoms with Crippen LogP contribution in [0.25, 0.3) is 0 Å². The SMILES string of the molecule is CCCCN(CC)CC1CCNCC1. The summed E-state index contributed by atoms with van der Waals surface area (Å²) in [5.74, 6) is 0.952. The van der Waals surface area contributed by atoms with Crippen molar-refractivity contribution in [3.05, 3.63) is 0 Å². The van der Waals surface area contributed by atoms with Crippen LogP contribution in [0.4, 0.5) is 0 Å². The Hall–Kier alpha value is -0.0800. The third-order valence-electron chi connectivity index (χ3n) is 3.25. The van der Waals surface area contributed by atoms with Gasteiger partial charge in [-0.3, -0.25) is 0 Å². The smallest absolute Gasteiger partial charge is 0.00105 e. The molecule has 1 saturated heterocycles. The first-order valence-corrected chi connectivity index (χ1v) is 6.29. The molecule has 0 unspecified atom stereocenters. The molecular weight excluding hydrogens is 172 g/mol. The standard InChI is InChI=1S/C12H26N2/c1-3-5-10-14(4-2)11-12-6-8-13-9-7-12/h12-13H,3-11H2,1-2H3. The van der Waals surface area contributed by atoms with Gasteiger partial charge in [-0.05, 0) is 51.4 Å². The van der Waals surface area contributed by atoms with Crippen molar-refractivity contribution in [2.45, 2.75) is 39.5 Å². The molecule has 1 fully saturated rings. The van der Waals surface area contributed by atoms with Crippen LogP contribution >= 0.6 is 0 Å². The van der Waals surface area contributed by atoms with Crippen molar-refractivity contribution >= 4 is 0 Å². The third-order valence-corrected chi connectivity index (χ3v) is 3.25. The van der Waals surface area contributed by atoms with Gasteiger partial charge in [-0.1, -0.05) is 20.3 Å². The van der Waals surface area contributed by atoms with E-state index in [4.69, 9.17) is 0 Å². The van der Waals surface area contributed by atoms with Gasteiger partial charge < -0.3 is 10.2 Å². The van der Waals surface area contributed by atoms with E-state index in [-0.39, 0.29) is 0 Å². The molecule has 0 aromatic heterocycles. The van der Waals surface area contributed by atoms with Crippen molar-refractivity contribution in [1.29, 1.82) is 0 Å². The largest absolute Gasteiger partial charge is 0.317 e. The maximum atomic E-state index is 3.43. The molecule has 2 nitrogen and oxygen atoms in total. The van der Waals surface area contributed by atoms with Gasteiger partial charge in [0.05, 0.1) is 0 Å². The van der Waals surface area contributed by atoms with Crippen molar-refractivity contribution in [3.63, 3.8) is 0 Å². The molecule has 84 valence electrons. The predicted molar refractivity (Wildman–Crippen MR) is 62.6 cm³/mol. The quantitative estimate of drug-likeness (QED) is 0.703. The van der Waals surface area contributed by atoms with Crippen LogP contribution in [0.2, 0.25) is 0 Å². The lowest BCUT2D eigenvalue weighted by Gasteiger charge is -2.29. The Morgan fingerprint density at radius 3 is 2.50 bits per heavy atom. The zero-order valence-electron chi connectivity index (χ0n) is 9.89. The van der Waals surface area contributed by atoms with Crippen molar-refractivity contribution in [1.82, 2.24) is 10.2 Å². The highest BCUT2D eigenvalue weighted by atomic mass is 15.1. The Labute approximate surface area is 89.1 Å². The Morgan fingerprint density at radius 1 is 1.21 bits per heavy atom. The minimum Gasteiger partial charge on any atom is -0.317 e. The second-order valence-corrected chi connectivity index (χ2v) is 4.44. The maximum Gasteiger partial charge on any atom is 0.00105 e. The highest BCUT2D eigenvalue weighted by molar-refractivity contribution is 4.72. The van der Waals surface area contributed by atoms with Crippen LogP contribution in [-0.2, 0) is 0 Å². The van der Waals surface area contributed by atoms with Crippen LogP contribution in [0.3, 0.4) is 0 Å². The van der Waals surface area contributed by atoms with Crippen LogP contribution in [0.1, 0.15) is 39.5 Å². The van der Waals surface area contributed by atoms with Gasteiger partial charge in [-0.25, -0.2) is 0 Å². The van der Waals surface area contributed by atoms with E-state index in [1.165, 1.54) is 58.4 Å². The fraction of sp³-hybridized carbons (Fsp3) is 1.00. The summed E-state index contributed by atoms with van der Waals surface area (Å²) in [7, 11) is 0. The summed E-state index contributed by atoms with van der Waals surface area (Å²) in [6, 6.07) is 0. The number of nitrogens with one attached hydrogen (secondary N) is 1. The van der Waals surface area contributed by atoms with E-state index in [0.717, 1.165) is 5.92 Å². The molecule has 1 N–H and O–H groups in total. The number of nitrogens with zero attached hydrogens (tertiary/aromatic N) is 1. The van der Waals surface area contributed by atoms with Crippen LogP contribution in [0.15, 0.2) is 0 Å². The highest BCUT2D eigenvalue weighted by Gasteiger charge is 2.15. The lowest BCUT2D eigenvalue weighted by Crippen LogP contribution is -2.36. The van der Waals surface area contributed by atoms with Crippen molar-refractivity contribution in [3.8, 4) is 0 Å². The summed E-state index contributed by atoms with van der Waals surface area (Å²) in [5, 5.41) is 3.43. The minimum atomic E-state index is 0.952. The van der Waals surface area contributed by atoms with Crippen LogP contribution in [0.5, 0.6) is 0 Å². The summed E-state index contributed by atoms with van der Waals surface area (Å²) < 4.78 is 0. The molecule has 14 heavy (non-hydrogen) atoms. The molecule has 0 aromatic rings. The lowest BCUT2D eigenvalue weighted by atomic mass is 9.97. The van der Waals surface area contributed by atoms with Crippen LogP contribution in [0, 0.1) is 5.92 Å². The van der Waals surface area contributed by atoms with Gasteiger partial charge in [0, 0.05) is 6.54 Å². The summed E-state index contributed by atoms with van der Waals surface area (Å²) >= 11 is 0. The monoisotopic (exact) mass is 198 g/mol. The number of piperidine rings is 1. The van der Waals surface area contributed by atoms with Gasteiger partial charge in [0.15, 0.2) is 0 Å². The lowest BCUT2D eigenvalue weighted by molar-refractivity contribution is 0.211. The second kappa shape index (κ2) is 7.24. The number of rotatable bonds is 6. The van der Waals surface area contributed by atoms with Crippen molar-refractivity contribution in [2.24, 2.45) is 5.92 Å². The Bertz CT molecular complexity index is 130. The van der Waals surface area contributed by atoms with E-state index in [9.17, 15) is 0 Å². The predicted octanol–water partition coefficient (Wildman–Crippen LogP) is 2.11. The Balaban J connectivity index is 2.16. The number of hydrogen-bond acceptors (Lipinski definition) is 2. The third kappa shape index (κ3) is 4.43. The van der Waals surface area contributed by atoms with Crippen molar-refractivity contribution in [2.75, 3.05) is 32.7 Å². The summed E-state index contributed by atoms with van der Waals surface area (Å²) in [4.78, 5) is 2.62. The average Bonchev–Trinajstić information content (AvgIpc) is 2.25. The summed E-state index contributed by atoms with van der Waals surface area (Å²) in [5.41, 5.74) is 0. The van der Waals surface area contributed by atoms with Crippen molar-refractivity contribution < 1.29 is 0 Å². The average molecular weight is 198 g/mol. The molecule has 0 atom stereocenters. The van der Waals surface area contributed by atoms with Gasteiger partial charge >= 0.3 is 0 Å². The van der Waals surface area contributed by atoms with E-state index >= 15 is 0 Å². The van der Waals surface area contributed by atoms with Gasteiger partial charge in [0.25, 0.3) is 0 Å². The zero-order chi connectivity index (χ0) is 10.2. The van der Waals surface area contributed by atoms with Gasteiger partial charge in [0.1, 0.15) is 0 Å². The molecular formula is C12H26N2. The molecule has 1 rings (SSSR count). The first kappa shape index (κ1) is 12.0. The van der Waals surface area contributed by atoms with E-state index in [1.54, 1.807) is 0 Å². The van der Waals surface area contributed by atoms with E-state index in [2.05, 4.69) is 24.1 Å². The first-order chi connectivity index (χ1) is 6.86. The molecule has 0 radical (unpaired) electrons. The molecule has 0 spiro atoms. The van der Waals surface area contributed by atoms with E-state index in [0.29, 0.717) is 0 Å². The maximum absolute atomic E-state index is 3.43. The van der Waals surface area contributed by atoms with E-state index in [1.807, 2.05) is 0 Å². The molecule has 1 heterocycles. The summed E-state index contributed by atoms with van der Waals surface area (Å²) in [6.45, 7) is 10.9. The summed E-state index contributed by atoms with van der Waals surface area (Å²) in [6.07, 6.45) is 5.44. The molecule has 1 aliphatic heterocycles. The van der Waals surface area contributed by atoms with Crippen LogP contribution < -0.4 is 5.32 Å². The first-order valence-electron chi connectivity index (χ1n) is 6.29. The normalized spacial score (nSPS) is 19.1. The van der Waals surface area contributed by atoms with Gasteiger partial charge in [0.2, 0.25) is 0 Å². The Kier molecular flexibility index (Phi) is 6.20. The zero-order valence-corrected chi connectivity index (χ0v) is 9.89. The molecule has 1 aliphatic rings. The molecule has 0 bridgehead atoms. The fourth-order valence-corrected chi connectivity index (χ4v) is 2.19. The van der Waals surface area contributed by atoms with Gasteiger partial charge in [-0.2, -0.15) is 0 Å². The minimum absolute atomic E-state index is 0.952. The second-order valence-electron chi connectivity index (χ2n) is 4.44. The molecule has 0 aliphatic carbocycles. The highest BCUT2D eigenvalue weighted by Crippen LogP contribution is 2.13. The Morgan fingerprint density at radius 2 is 1.93 bits per heavy atom. The number of hydrogen-bond donors (Lipinski definition) is 1. The van der Waals surface area contributed by atoms with Crippen LogP contribution in [-0.4, -0.2) is 37.6 Å². The molecule has 0 saturated carbocycles.